The Kier molecular flexibility index (Phi) is 4.26. The number of aryl methyl sites for hydroxylation is 2. The number of fused-ring (bicyclic) bond motifs is 2. The van der Waals surface area contributed by atoms with Gasteiger partial charge in [-0.05, 0) is 61.4 Å². The van der Waals surface area contributed by atoms with Crippen LogP contribution in [0.25, 0.3) is 39.4 Å². The zero-order valence-electron chi connectivity index (χ0n) is 17.9. The van der Waals surface area contributed by atoms with Gasteiger partial charge in [0.1, 0.15) is 0 Å². The Morgan fingerprint density at radius 1 is 0.879 bits per heavy atom. The highest BCUT2D eigenvalue weighted by molar-refractivity contribution is 5.92. The van der Waals surface area contributed by atoms with Crippen LogP contribution >= 0.6 is 0 Å². The lowest BCUT2D eigenvalue weighted by Gasteiger charge is -2.10. The Labute approximate surface area is 188 Å². The van der Waals surface area contributed by atoms with E-state index in [1.807, 2.05) is 56.3 Å². The van der Waals surface area contributed by atoms with E-state index in [-0.39, 0.29) is 18.2 Å². The number of rotatable bonds is 3. The maximum absolute atomic E-state index is 13.3. The minimum atomic E-state index is -0.215. The van der Waals surface area contributed by atoms with E-state index in [1.165, 1.54) is 4.68 Å². The first-order valence-electron chi connectivity index (χ1n) is 10.4. The van der Waals surface area contributed by atoms with Crippen molar-refractivity contribution in [3.8, 4) is 40.2 Å². The molecule has 0 aliphatic carbocycles. The van der Waals surface area contributed by atoms with Gasteiger partial charge >= 0.3 is 0 Å². The van der Waals surface area contributed by atoms with Crippen LogP contribution in [-0.2, 0) is 0 Å². The molecule has 8 nitrogen and oxygen atoms in total. The molecule has 6 rings (SSSR count). The lowest BCUT2D eigenvalue weighted by molar-refractivity contribution is 0.174. The molecule has 0 amide bonds. The molecular formula is C25H18N4O4. The van der Waals surface area contributed by atoms with Crippen LogP contribution in [0.4, 0.5) is 0 Å². The van der Waals surface area contributed by atoms with Crippen LogP contribution in [-0.4, -0.2) is 26.7 Å². The fraction of sp³-hybridized carbons (Fsp3) is 0.120. The fourth-order valence-electron chi connectivity index (χ4n) is 3.85. The smallest absolute Gasteiger partial charge is 0.279 e. The Morgan fingerprint density at radius 2 is 1.70 bits per heavy atom. The van der Waals surface area contributed by atoms with E-state index in [2.05, 4.69) is 15.2 Å². The minimum absolute atomic E-state index is 0.187. The minimum Gasteiger partial charge on any atom is -0.454 e. The van der Waals surface area contributed by atoms with Crippen molar-refractivity contribution in [2.24, 2.45) is 0 Å². The first-order chi connectivity index (χ1) is 16.1. The van der Waals surface area contributed by atoms with Gasteiger partial charge in [0.15, 0.2) is 17.2 Å². The third-order valence-electron chi connectivity index (χ3n) is 5.80. The summed E-state index contributed by atoms with van der Waals surface area (Å²) in [6.45, 7) is 4.21. The van der Waals surface area contributed by atoms with Gasteiger partial charge in [-0.1, -0.05) is 29.4 Å². The number of hydrogen-bond donors (Lipinski definition) is 0. The predicted molar refractivity (Wildman–Crippen MR) is 122 cm³/mol. The molecule has 0 atom stereocenters. The summed E-state index contributed by atoms with van der Waals surface area (Å²) in [7, 11) is 0. The maximum atomic E-state index is 13.3. The van der Waals surface area contributed by atoms with Crippen LogP contribution in [0.3, 0.4) is 0 Å². The first kappa shape index (κ1) is 19.2. The van der Waals surface area contributed by atoms with Crippen molar-refractivity contribution in [2.75, 3.05) is 6.79 Å². The third kappa shape index (κ3) is 3.15. The van der Waals surface area contributed by atoms with Gasteiger partial charge in [0.25, 0.3) is 11.4 Å². The highest BCUT2D eigenvalue weighted by Crippen LogP contribution is 2.35. The van der Waals surface area contributed by atoms with Crippen LogP contribution in [0.1, 0.15) is 11.1 Å². The molecule has 0 fully saturated rings. The summed E-state index contributed by atoms with van der Waals surface area (Å²) in [4.78, 5) is 17.8. The van der Waals surface area contributed by atoms with E-state index < -0.39 is 0 Å². The van der Waals surface area contributed by atoms with Gasteiger partial charge in [-0.3, -0.25) is 4.79 Å². The summed E-state index contributed by atoms with van der Waals surface area (Å²) in [5.74, 6) is 1.91. The molecule has 33 heavy (non-hydrogen) atoms. The Balaban J connectivity index is 1.52. The van der Waals surface area contributed by atoms with Crippen molar-refractivity contribution in [1.29, 1.82) is 0 Å². The normalized spacial score (nSPS) is 12.4. The lowest BCUT2D eigenvalue weighted by atomic mass is 10.1. The van der Waals surface area contributed by atoms with Crippen molar-refractivity contribution in [2.45, 2.75) is 13.8 Å². The summed E-state index contributed by atoms with van der Waals surface area (Å²) < 4.78 is 17.8. The molecule has 3 aromatic carbocycles. The number of ether oxygens (including phenoxy) is 2. The molecule has 0 saturated heterocycles. The van der Waals surface area contributed by atoms with Crippen molar-refractivity contribution in [3.05, 3.63) is 82.1 Å². The molecule has 0 saturated carbocycles. The number of benzene rings is 3. The summed E-state index contributed by atoms with van der Waals surface area (Å²) in [6, 6.07) is 18.5. The van der Waals surface area contributed by atoms with Crippen LogP contribution in [0.5, 0.6) is 11.5 Å². The largest absolute Gasteiger partial charge is 0.454 e. The topological polar surface area (TPSA) is 92.3 Å². The van der Waals surface area contributed by atoms with Crippen molar-refractivity contribution >= 4 is 10.8 Å². The van der Waals surface area contributed by atoms with Crippen molar-refractivity contribution < 1.29 is 14.0 Å². The fourth-order valence-corrected chi connectivity index (χ4v) is 3.85. The molecule has 2 aromatic heterocycles. The molecule has 162 valence electrons. The van der Waals surface area contributed by atoms with Gasteiger partial charge in [0, 0.05) is 10.9 Å². The molecule has 8 heteroatoms. The van der Waals surface area contributed by atoms with Crippen molar-refractivity contribution in [1.82, 2.24) is 19.9 Å². The van der Waals surface area contributed by atoms with Gasteiger partial charge in [-0.2, -0.15) is 14.8 Å². The number of nitrogens with zero attached hydrogens (tertiary/aromatic N) is 4. The highest BCUT2D eigenvalue weighted by Gasteiger charge is 2.21. The Hall–Kier alpha value is -4.46. The summed E-state index contributed by atoms with van der Waals surface area (Å²) in [5.41, 5.74) is 3.82. The van der Waals surface area contributed by atoms with E-state index in [0.717, 1.165) is 16.7 Å². The summed E-state index contributed by atoms with van der Waals surface area (Å²) >= 11 is 0. The molecule has 5 aromatic rings. The van der Waals surface area contributed by atoms with Gasteiger partial charge in [0.2, 0.25) is 12.6 Å². The molecule has 1 aliphatic heterocycles. The Morgan fingerprint density at radius 3 is 2.55 bits per heavy atom. The van der Waals surface area contributed by atoms with Gasteiger partial charge in [-0.15, -0.1) is 0 Å². The average Bonchev–Trinajstić information content (AvgIpc) is 3.51. The van der Waals surface area contributed by atoms with E-state index in [4.69, 9.17) is 14.0 Å². The maximum Gasteiger partial charge on any atom is 0.279 e. The highest BCUT2D eigenvalue weighted by atomic mass is 16.7. The van der Waals surface area contributed by atoms with E-state index in [0.29, 0.717) is 39.5 Å². The van der Waals surface area contributed by atoms with Gasteiger partial charge < -0.3 is 14.0 Å². The first-order valence-corrected chi connectivity index (χ1v) is 10.4. The quantitative estimate of drug-likeness (QED) is 0.411. The van der Waals surface area contributed by atoms with Crippen LogP contribution in [0, 0.1) is 13.8 Å². The summed E-state index contributed by atoms with van der Waals surface area (Å²) in [6.07, 6.45) is 0. The molecular weight excluding hydrogens is 420 g/mol. The summed E-state index contributed by atoms with van der Waals surface area (Å²) in [5, 5.41) is 9.93. The Bertz CT molecular complexity index is 1600. The van der Waals surface area contributed by atoms with E-state index >= 15 is 0 Å². The van der Waals surface area contributed by atoms with E-state index in [9.17, 15) is 4.79 Å². The number of aromatic nitrogens is 4. The SMILES string of the molecule is Cc1ccc(-n2nc(-c3nc(-c4ccc5c(c4)OCO5)no3)c3ccccc3c2=O)cc1C. The zero-order chi connectivity index (χ0) is 22.5. The average molecular weight is 438 g/mol. The van der Waals surface area contributed by atoms with E-state index in [1.54, 1.807) is 18.2 Å². The second-order valence-corrected chi connectivity index (χ2v) is 7.87. The molecule has 0 bridgehead atoms. The van der Waals surface area contributed by atoms with Crippen LogP contribution < -0.4 is 15.0 Å². The number of hydrogen-bond acceptors (Lipinski definition) is 7. The van der Waals surface area contributed by atoms with Crippen molar-refractivity contribution in [3.63, 3.8) is 0 Å². The second-order valence-electron chi connectivity index (χ2n) is 7.87. The molecule has 0 unspecified atom stereocenters. The lowest BCUT2D eigenvalue weighted by Crippen LogP contribution is -2.22. The molecule has 3 heterocycles. The zero-order valence-corrected chi connectivity index (χ0v) is 17.9. The second kappa shape index (κ2) is 7.30. The molecule has 0 radical (unpaired) electrons. The molecule has 0 N–H and O–H groups in total. The standard InChI is InChI=1S/C25H18N4O4/c1-14-7-9-17(11-15(14)2)29-25(30)19-6-4-3-5-18(19)22(27-29)24-26-23(28-33-24)16-8-10-20-21(12-16)32-13-31-20/h3-12H,13H2,1-2H3. The predicted octanol–water partition coefficient (Wildman–Crippen LogP) is 4.45. The monoisotopic (exact) mass is 438 g/mol. The molecule has 0 spiro atoms. The van der Waals surface area contributed by atoms with Gasteiger partial charge in [0.05, 0.1) is 11.1 Å². The molecule has 1 aliphatic rings. The van der Waals surface area contributed by atoms with Crippen LogP contribution in [0.15, 0.2) is 70.0 Å². The van der Waals surface area contributed by atoms with Crippen LogP contribution in [0.2, 0.25) is 0 Å². The van der Waals surface area contributed by atoms with Gasteiger partial charge in [-0.25, -0.2) is 0 Å². The third-order valence-corrected chi connectivity index (χ3v) is 5.80.